The summed E-state index contributed by atoms with van der Waals surface area (Å²) in [7, 11) is 0. The van der Waals surface area contributed by atoms with E-state index in [1.54, 1.807) is 12.1 Å². The minimum absolute atomic E-state index is 0.215. The molecule has 1 nitrogen and oxygen atoms in total. The highest BCUT2D eigenvalue weighted by molar-refractivity contribution is 6.30. The highest BCUT2D eigenvalue weighted by Gasteiger charge is 2.33. The molecule has 1 aromatic rings. The van der Waals surface area contributed by atoms with Crippen LogP contribution < -0.4 is 5.32 Å². The summed E-state index contributed by atoms with van der Waals surface area (Å²) in [6.45, 7) is 7.50. The van der Waals surface area contributed by atoms with Crippen LogP contribution in [0, 0.1) is 17.2 Å². The molecule has 2 atom stereocenters. The average molecular weight is 298 g/mol. The third kappa shape index (κ3) is 3.95. The second-order valence-corrected chi connectivity index (χ2v) is 7.42. The van der Waals surface area contributed by atoms with Gasteiger partial charge in [0.05, 0.1) is 0 Å². The molecule has 1 aliphatic rings. The van der Waals surface area contributed by atoms with E-state index < -0.39 is 0 Å². The molecule has 0 aliphatic heterocycles. The lowest BCUT2D eigenvalue weighted by Gasteiger charge is -2.41. The summed E-state index contributed by atoms with van der Waals surface area (Å²) < 4.78 is 13.8. The maximum Gasteiger partial charge on any atom is 0.129 e. The second-order valence-electron chi connectivity index (χ2n) is 6.98. The Kier molecular flexibility index (Phi) is 5.09. The van der Waals surface area contributed by atoms with E-state index in [4.69, 9.17) is 11.6 Å². The summed E-state index contributed by atoms with van der Waals surface area (Å²) in [6.07, 6.45) is 5.05. The Morgan fingerprint density at radius 2 is 1.95 bits per heavy atom. The minimum Gasteiger partial charge on any atom is -0.310 e. The Morgan fingerprint density at radius 1 is 1.25 bits per heavy atom. The molecule has 0 spiro atoms. The fraction of sp³-hybridized carbons (Fsp3) is 0.647. The summed E-state index contributed by atoms with van der Waals surface area (Å²) in [6, 6.07) is 5.41. The van der Waals surface area contributed by atoms with Crippen molar-refractivity contribution in [2.24, 2.45) is 11.3 Å². The molecule has 0 saturated heterocycles. The Hall–Kier alpha value is -0.600. The van der Waals surface area contributed by atoms with Crippen LogP contribution >= 0.6 is 11.6 Å². The first-order valence-corrected chi connectivity index (χ1v) is 7.93. The topological polar surface area (TPSA) is 12.0 Å². The Bertz CT molecular complexity index is 453. The zero-order valence-corrected chi connectivity index (χ0v) is 13.4. The summed E-state index contributed by atoms with van der Waals surface area (Å²) in [5, 5.41) is 4.03. The van der Waals surface area contributed by atoms with E-state index in [1.165, 1.54) is 31.7 Å². The van der Waals surface area contributed by atoms with Crippen LogP contribution in [0.15, 0.2) is 18.2 Å². The van der Waals surface area contributed by atoms with E-state index in [9.17, 15) is 4.39 Å². The molecule has 2 rings (SSSR count). The van der Waals surface area contributed by atoms with Gasteiger partial charge in [0.25, 0.3) is 0 Å². The van der Waals surface area contributed by atoms with E-state index >= 15 is 0 Å². The maximum absolute atomic E-state index is 13.8. The monoisotopic (exact) mass is 297 g/mol. The number of nitrogens with one attached hydrogen (secondary N) is 1. The molecule has 3 heteroatoms. The van der Waals surface area contributed by atoms with Gasteiger partial charge in [0.15, 0.2) is 0 Å². The quantitative estimate of drug-likeness (QED) is 0.811. The molecule has 112 valence electrons. The third-order valence-electron chi connectivity index (χ3n) is 4.45. The SMILES string of the molecule is CC(C)(C)C1CCCCC1NCc1ccc(Cl)cc1F. The normalized spacial score (nSPS) is 23.9. The van der Waals surface area contributed by atoms with Crippen LogP contribution in [0.25, 0.3) is 0 Å². The lowest BCUT2D eigenvalue weighted by Crippen LogP contribution is -2.44. The molecule has 2 unspecified atom stereocenters. The van der Waals surface area contributed by atoms with Crippen LogP contribution in [0.3, 0.4) is 0 Å². The molecular formula is C17H25ClFN. The van der Waals surface area contributed by atoms with Crippen LogP contribution in [0.1, 0.15) is 52.0 Å². The fourth-order valence-electron chi connectivity index (χ4n) is 3.32. The summed E-state index contributed by atoms with van der Waals surface area (Å²) in [5.74, 6) is 0.444. The molecule has 0 bridgehead atoms. The van der Waals surface area contributed by atoms with Crippen molar-refractivity contribution in [1.82, 2.24) is 5.32 Å². The summed E-state index contributed by atoms with van der Waals surface area (Å²) in [4.78, 5) is 0. The van der Waals surface area contributed by atoms with Crippen LogP contribution in [0.5, 0.6) is 0 Å². The van der Waals surface area contributed by atoms with Gasteiger partial charge in [-0.3, -0.25) is 0 Å². The standard InChI is InChI=1S/C17H25ClFN/c1-17(2,3)14-6-4-5-7-16(14)20-11-12-8-9-13(18)10-15(12)19/h8-10,14,16,20H,4-7,11H2,1-3H3. The van der Waals surface area contributed by atoms with Gasteiger partial charge in [-0.15, -0.1) is 0 Å². The number of hydrogen-bond acceptors (Lipinski definition) is 1. The smallest absolute Gasteiger partial charge is 0.129 e. The molecule has 0 radical (unpaired) electrons. The lowest BCUT2D eigenvalue weighted by atomic mass is 9.69. The fourth-order valence-corrected chi connectivity index (χ4v) is 3.48. The van der Waals surface area contributed by atoms with Crippen LogP contribution in [0.4, 0.5) is 4.39 Å². The summed E-state index contributed by atoms with van der Waals surface area (Å²) in [5.41, 5.74) is 1.00. The van der Waals surface area contributed by atoms with Gasteiger partial charge in [0, 0.05) is 23.2 Å². The Balaban J connectivity index is 2.01. The van der Waals surface area contributed by atoms with Gasteiger partial charge in [-0.2, -0.15) is 0 Å². The van der Waals surface area contributed by atoms with Gasteiger partial charge in [0.1, 0.15) is 5.82 Å². The Morgan fingerprint density at radius 3 is 2.60 bits per heavy atom. The highest BCUT2D eigenvalue weighted by Crippen LogP contribution is 2.38. The molecule has 20 heavy (non-hydrogen) atoms. The number of benzene rings is 1. The first kappa shape index (κ1) is 15.8. The molecular weight excluding hydrogens is 273 g/mol. The van der Waals surface area contributed by atoms with Gasteiger partial charge in [-0.25, -0.2) is 4.39 Å². The van der Waals surface area contributed by atoms with Crippen molar-refractivity contribution in [2.75, 3.05) is 0 Å². The molecule has 1 fully saturated rings. The predicted octanol–water partition coefficient (Wildman–Crippen LogP) is 5.17. The molecule has 1 aromatic carbocycles. The van der Waals surface area contributed by atoms with Crippen molar-refractivity contribution < 1.29 is 4.39 Å². The molecule has 1 aliphatic carbocycles. The highest BCUT2D eigenvalue weighted by atomic mass is 35.5. The zero-order chi connectivity index (χ0) is 14.8. The van der Waals surface area contributed by atoms with Crippen molar-refractivity contribution >= 4 is 11.6 Å². The van der Waals surface area contributed by atoms with Gasteiger partial charge in [-0.05, 0) is 36.3 Å². The third-order valence-corrected chi connectivity index (χ3v) is 4.68. The first-order valence-electron chi connectivity index (χ1n) is 7.55. The van der Waals surface area contributed by atoms with E-state index in [1.807, 2.05) is 0 Å². The first-order chi connectivity index (χ1) is 9.38. The zero-order valence-electron chi connectivity index (χ0n) is 12.7. The number of hydrogen-bond donors (Lipinski definition) is 1. The van der Waals surface area contributed by atoms with E-state index in [0.29, 0.717) is 34.5 Å². The van der Waals surface area contributed by atoms with Crippen molar-refractivity contribution in [2.45, 2.75) is 59.0 Å². The van der Waals surface area contributed by atoms with Crippen LogP contribution in [-0.4, -0.2) is 6.04 Å². The van der Waals surface area contributed by atoms with E-state index in [0.717, 1.165) is 0 Å². The van der Waals surface area contributed by atoms with Crippen molar-refractivity contribution in [3.8, 4) is 0 Å². The minimum atomic E-state index is -0.215. The summed E-state index contributed by atoms with van der Waals surface area (Å²) >= 11 is 5.79. The molecule has 0 aromatic heterocycles. The average Bonchev–Trinajstić information content (AvgIpc) is 2.37. The molecule has 0 amide bonds. The van der Waals surface area contributed by atoms with E-state index in [-0.39, 0.29) is 5.82 Å². The number of halogens is 2. The maximum atomic E-state index is 13.8. The van der Waals surface area contributed by atoms with E-state index in [2.05, 4.69) is 26.1 Å². The van der Waals surface area contributed by atoms with Crippen molar-refractivity contribution in [1.29, 1.82) is 0 Å². The molecule has 0 heterocycles. The van der Waals surface area contributed by atoms with Crippen molar-refractivity contribution in [3.63, 3.8) is 0 Å². The Labute approximate surface area is 126 Å². The molecule has 1 N–H and O–H groups in total. The van der Waals surface area contributed by atoms with Crippen LogP contribution in [0.2, 0.25) is 5.02 Å². The lowest BCUT2D eigenvalue weighted by molar-refractivity contribution is 0.130. The van der Waals surface area contributed by atoms with Gasteiger partial charge >= 0.3 is 0 Å². The van der Waals surface area contributed by atoms with Gasteiger partial charge in [0.2, 0.25) is 0 Å². The van der Waals surface area contributed by atoms with Gasteiger partial charge < -0.3 is 5.32 Å². The second kappa shape index (κ2) is 6.44. The van der Waals surface area contributed by atoms with Crippen LogP contribution in [-0.2, 0) is 6.54 Å². The number of rotatable bonds is 3. The largest absolute Gasteiger partial charge is 0.310 e. The van der Waals surface area contributed by atoms with Crippen molar-refractivity contribution in [3.05, 3.63) is 34.6 Å². The predicted molar refractivity (Wildman–Crippen MR) is 83.5 cm³/mol. The molecule has 1 saturated carbocycles. The van der Waals surface area contributed by atoms with Gasteiger partial charge in [-0.1, -0.05) is 51.3 Å².